The highest BCUT2D eigenvalue weighted by atomic mass is 16.1. The Bertz CT molecular complexity index is 112. The van der Waals surface area contributed by atoms with E-state index in [-0.39, 0.29) is 12.1 Å². The van der Waals surface area contributed by atoms with E-state index in [0.717, 1.165) is 0 Å². The Labute approximate surface area is 40.5 Å². The second-order valence-electron chi connectivity index (χ2n) is 0.869. The van der Waals surface area contributed by atoms with Crippen LogP contribution in [-0.2, 0) is 4.79 Å². The van der Waals surface area contributed by atoms with Crippen LogP contribution in [0.1, 0.15) is 0 Å². The molecule has 1 amide bonds. The molecule has 0 aliphatic carbocycles. The number of carbonyl (C=O) groups excluding carboxylic acids is 1. The van der Waals surface area contributed by atoms with Crippen molar-refractivity contribution in [2.75, 3.05) is 0 Å². The third kappa shape index (κ3) is 1.23. The summed E-state index contributed by atoms with van der Waals surface area (Å²) >= 11 is 0. The molecule has 0 aromatic rings. The maximum Gasteiger partial charge on any atom is 0.289 e. The van der Waals surface area contributed by atoms with Crippen LogP contribution in [0.2, 0.25) is 0 Å². The zero-order valence-corrected chi connectivity index (χ0v) is 3.66. The number of carbonyl (C=O) groups is 1. The van der Waals surface area contributed by atoms with Crippen LogP contribution in [0, 0.1) is 0 Å². The predicted octanol–water partition coefficient (Wildman–Crippen LogP) is 0.655. The summed E-state index contributed by atoms with van der Waals surface area (Å²) in [5.74, 6) is -0.269. The minimum atomic E-state index is -0.269. The molecule has 1 rings (SSSR count). The Morgan fingerprint density at radius 1 is 1.57 bits per heavy atom. The quantitative estimate of drug-likeness (QED) is 0.484. The lowest BCUT2D eigenvalue weighted by molar-refractivity contribution is -0.113. The van der Waals surface area contributed by atoms with Gasteiger partial charge in [-0.1, -0.05) is 0 Å². The number of nitrogens with zero attached hydrogens (tertiary/aromatic N) is 2. The van der Waals surface area contributed by atoms with Gasteiger partial charge in [0.1, 0.15) is 0 Å². The lowest BCUT2D eigenvalue weighted by atomic mass is 10.6. The van der Waals surface area contributed by atoms with E-state index >= 15 is 0 Å². The van der Waals surface area contributed by atoms with Gasteiger partial charge in [0.2, 0.25) is 0 Å². The van der Waals surface area contributed by atoms with E-state index in [4.69, 9.17) is 0 Å². The van der Waals surface area contributed by atoms with Crippen LogP contribution in [0.5, 0.6) is 0 Å². The normalized spacial score (nSPS) is 14.6. The first kappa shape index (κ1) is 5.97. The molecule has 0 radical (unpaired) electrons. The Morgan fingerprint density at radius 2 is 2.29 bits per heavy atom. The Hall–Kier alpha value is -1.03. The summed E-state index contributed by atoms with van der Waals surface area (Å²) in [6.07, 6.45) is 2.67. The van der Waals surface area contributed by atoms with Crippen LogP contribution >= 0.6 is 0 Å². The molecule has 3 N–H and O–H groups in total. The average molecular weight is 99.1 g/mol. The zero-order chi connectivity index (χ0) is 4.41. The van der Waals surface area contributed by atoms with E-state index in [1.807, 2.05) is 0 Å². The highest BCUT2D eigenvalue weighted by Gasteiger charge is 1.92. The molecular weight excluding hydrogens is 94.1 g/mol. The van der Waals surface area contributed by atoms with E-state index < -0.39 is 0 Å². The van der Waals surface area contributed by atoms with Gasteiger partial charge in [-0.3, -0.25) is 4.79 Å². The molecule has 0 fully saturated rings. The van der Waals surface area contributed by atoms with E-state index in [0.29, 0.717) is 0 Å². The molecule has 0 saturated carbocycles. The molecule has 4 heteroatoms. The standard InChI is InChI=1S/C3H2N2O.H3N/c6-3-1-2-4-5-3;/h1-2H;1H3. The molecule has 0 spiro atoms. The van der Waals surface area contributed by atoms with Crippen LogP contribution in [0.15, 0.2) is 22.5 Å². The largest absolute Gasteiger partial charge is 0.344 e. The number of hydrogen-bond donors (Lipinski definition) is 1. The van der Waals surface area contributed by atoms with Crippen LogP contribution in [0.3, 0.4) is 0 Å². The first-order valence-corrected chi connectivity index (χ1v) is 1.51. The van der Waals surface area contributed by atoms with Gasteiger partial charge >= 0.3 is 0 Å². The summed E-state index contributed by atoms with van der Waals surface area (Å²) in [6.45, 7) is 0. The zero-order valence-electron chi connectivity index (χ0n) is 3.66. The number of azo groups is 1. The smallest absolute Gasteiger partial charge is 0.289 e. The fraction of sp³-hybridized carbons (Fsp3) is 0. The molecule has 1 aliphatic rings. The molecular formula is C3H5N3O. The topological polar surface area (TPSA) is 76.8 Å². The summed E-state index contributed by atoms with van der Waals surface area (Å²) < 4.78 is 0. The molecule has 0 unspecified atom stereocenters. The van der Waals surface area contributed by atoms with E-state index in [1.54, 1.807) is 0 Å². The highest BCUT2D eigenvalue weighted by molar-refractivity contribution is 5.89. The van der Waals surface area contributed by atoms with Gasteiger partial charge in [0.15, 0.2) is 0 Å². The Morgan fingerprint density at radius 3 is 2.43 bits per heavy atom. The predicted molar refractivity (Wildman–Crippen MR) is 24.0 cm³/mol. The molecule has 7 heavy (non-hydrogen) atoms. The molecule has 0 aromatic carbocycles. The summed E-state index contributed by atoms with van der Waals surface area (Å²) in [7, 11) is 0. The van der Waals surface area contributed by atoms with Gasteiger partial charge in [0.05, 0.1) is 6.20 Å². The minimum absolute atomic E-state index is 0. The molecule has 0 atom stereocenters. The molecule has 4 nitrogen and oxygen atoms in total. The van der Waals surface area contributed by atoms with Crippen LogP contribution in [-0.4, -0.2) is 5.91 Å². The maximum absolute atomic E-state index is 9.90. The van der Waals surface area contributed by atoms with Crippen molar-refractivity contribution in [3.05, 3.63) is 12.3 Å². The van der Waals surface area contributed by atoms with Crippen molar-refractivity contribution in [3.8, 4) is 0 Å². The third-order valence-electron chi connectivity index (χ3n) is 0.440. The van der Waals surface area contributed by atoms with Gasteiger partial charge in [0.25, 0.3) is 5.91 Å². The van der Waals surface area contributed by atoms with Gasteiger partial charge in [-0.15, -0.1) is 5.11 Å². The average Bonchev–Trinajstić information content (AvgIpc) is 1.86. The monoisotopic (exact) mass is 99.0 g/mol. The van der Waals surface area contributed by atoms with Crippen molar-refractivity contribution in [3.63, 3.8) is 0 Å². The van der Waals surface area contributed by atoms with E-state index in [2.05, 4.69) is 10.2 Å². The maximum atomic E-state index is 9.90. The summed E-state index contributed by atoms with van der Waals surface area (Å²) in [4.78, 5) is 9.90. The second kappa shape index (κ2) is 2.20. The lowest BCUT2D eigenvalue weighted by Gasteiger charge is -1.59. The molecule has 1 aliphatic heterocycles. The third-order valence-corrected chi connectivity index (χ3v) is 0.440. The molecule has 1 heterocycles. The second-order valence-corrected chi connectivity index (χ2v) is 0.869. The van der Waals surface area contributed by atoms with Crippen molar-refractivity contribution < 1.29 is 4.79 Å². The summed E-state index contributed by atoms with van der Waals surface area (Å²) in [5.41, 5.74) is 0. The minimum Gasteiger partial charge on any atom is -0.344 e. The van der Waals surface area contributed by atoms with Crippen LogP contribution in [0.25, 0.3) is 0 Å². The van der Waals surface area contributed by atoms with Gasteiger partial charge < -0.3 is 6.15 Å². The van der Waals surface area contributed by atoms with Gasteiger partial charge in [-0.25, -0.2) is 0 Å². The summed E-state index contributed by atoms with van der Waals surface area (Å²) in [5, 5.41) is 6.37. The van der Waals surface area contributed by atoms with Crippen LogP contribution < -0.4 is 6.15 Å². The molecule has 0 saturated heterocycles. The van der Waals surface area contributed by atoms with Crippen molar-refractivity contribution in [2.45, 2.75) is 0 Å². The van der Waals surface area contributed by atoms with Crippen molar-refractivity contribution in [1.29, 1.82) is 0 Å². The Kier molecular flexibility index (Phi) is 1.87. The Balaban J connectivity index is 0.000000360. The van der Waals surface area contributed by atoms with Gasteiger partial charge in [-0.2, -0.15) is 5.11 Å². The van der Waals surface area contributed by atoms with E-state index in [9.17, 15) is 4.79 Å². The van der Waals surface area contributed by atoms with Gasteiger partial charge in [-0.05, 0) is 0 Å². The van der Waals surface area contributed by atoms with Gasteiger partial charge in [0, 0.05) is 6.08 Å². The van der Waals surface area contributed by atoms with Crippen molar-refractivity contribution >= 4 is 5.91 Å². The first-order chi connectivity index (χ1) is 2.89. The molecule has 0 bridgehead atoms. The van der Waals surface area contributed by atoms with Crippen LogP contribution in [0.4, 0.5) is 0 Å². The highest BCUT2D eigenvalue weighted by Crippen LogP contribution is 1.90. The van der Waals surface area contributed by atoms with E-state index in [1.165, 1.54) is 12.3 Å². The van der Waals surface area contributed by atoms with Crippen molar-refractivity contribution in [2.24, 2.45) is 10.2 Å². The number of hydrogen-bond acceptors (Lipinski definition) is 3. The fourth-order valence-electron chi connectivity index (χ4n) is 0.221. The first-order valence-electron chi connectivity index (χ1n) is 1.51. The molecule has 38 valence electrons. The summed E-state index contributed by atoms with van der Waals surface area (Å²) in [6, 6.07) is 0. The number of rotatable bonds is 0. The molecule has 0 aromatic heterocycles. The SMILES string of the molecule is N.O=C1C=CN=N1. The van der Waals surface area contributed by atoms with Crippen molar-refractivity contribution in [1.82, 2.24) is 6.15 Å². The fourth-order valence-corrected chi connectivity index (χ4v) is 0.221. The lowest BCUT2D eigenvalue weighted by Crippen LogP contribution is -1.74. The number of amides is 1.